The van der Waals surface area contributed by atoms with Gasteiger partial charge >= 0.3 is 0 Å². The van der Waals surface area contributed by atoms with Crippen LogP contribution in [0.25, 0.3) is 0 Å². The largest absolute Gasteiger partial charge is 0.497 e. The molecule has 0 bridgehead atoms. The first-order chi connectivity index (χ1) is 9.53. The first-order valence-corrected chi connectivity index (χ1v) is 7.48. The number of rotatable bonds is 5. The molecular formula is C14H16N2O3S. The van der Waals surface area contributed by atoms with Crippen LogP contribution in [0.4, 0.5) is 5.69 Å². The highest BCUT2D eigenvalue weighted by atomic mass is 32.2. The molecule has 2 aromatic carbocycles. The number of hydrogen-bond donors (Lipinski definition) is 2. The smallest absolute Gasteiger partial charge is 0.242 e. The molecule has 2 aromatic rings. The standard InChI is InChI=1S/C14H16N2O3S/c1-19-12-7-8-14(13(15)9-12)20(17,18)16-10-11-5-3-2-4-6-11/h2-9,16H,10,15H2,1H3. The quantitative estimate of drug-likeness (QED) is 0.823. The number of benzene rings is 2. The van der Waals surface area contributed by atoms with E-state index < -0.39 is 10.0 Å². The molecule has 0 aromatic heterocycles. The fourth-order valence-corrected chi connectivity index (χ4v) is 2.88. The van der Waals surface area contributed by atoms with E-state index in [1.165, 1.54) is 19.2 Å². The van der Waals surface area contributed by atoms with E-state index in [1.54, 1.807) is 6.07 Å². The van der Waals surface area contributed by atoms with E-state index in [4.69, 9.17) is 10.5 Å². The summed E-state index contributed by atoms with van der Waals surface area (Å²) in [5, 5.41) is 0. The number of anilines is 1. The molecule has 5 nitrogen and oxygen atoms in total. The Morgan fingerprint density at radius 1 is 1.15 bits per heavy atom. The lowest BCUT2D eigenvalue weighted by Crippen LogP contribution is -2.24. The summed E-state index contributed by atoms with van der Waals surface area (Å²) in [4.78, 5) is 0.0502. The Morgan fingerprint density at radius 3 is 2.45 bits per heavy atom. The zero-order valence-electron chi connectivity index (χ0n) is 11.0. The Kier molecular flexibility index (Phi) is 4.26. The highest BCUT2D eigenvalue weighted by Gasteiger charge is 2.17. The Balaban J connectivity index is 2.18. The van der Waals surface area contributed by atoms with Gasteiger partial charge in [0.05, 0.1) is 12.8 Å². The average Bonchev–Trinajstić information content (AvgIpc) is 2.46. The van der Waals surface area contributed by atoms with Crippen molar-refractivity contribution in [1.82, 2.24) is 4.72 Å². The van der Waals surface area contributed by atoms with Gasteiger partial charge in [0.15, 0.2) is 0 Å². The van der Waals surface area contributed by atoms with Crippen LogP contribution in [-0.2, 0) is 16.6 Å². The zero-order chi connectivity index (χ0) is 14.6. The number of ether oxygens (including phenoxy) is 1. The summed E-state index contributed by atoms with van der Waals surface area (Å²) < 4.78 is 31.9. The van der Waals surface area contributed by atoms with Gasteiger partial charge in [-0.2, -0.15) is 0 Å². The van der Waals surface area contributed by atoms with Gasteiger partial charge in [-0.1, -0.05) is 30.3 Å². The molecule has 0 unspecified atom stereocenters. The van der Waals surface area contributed by atoms with Crippen molar-refractivity contribution in [3.05, 3.63) is 54.1 Å². The molecule has 0 aliphatic heterocycles. The maximum atomic E-state index is 12.2. The van der Waals surface area contributed by atoms with Crippen molar-refractivity contribution >= 4 is 15.7 Å². The number of methoxy groups -OCH3 is 1. The third-order valence-corrected chi connectivity index (χ3v) is 4.29. The van der Waals surface area contributed by atoms with Crippen LogP contribution in [0.15, 0.2) is 53.4 Å². The molecule has 6 heteroatoms. The van der Waals surface area contributed by atoms with E-state index in [0.29, 0.717) is 5.75 Å². The summed E-state index contributed by atoms with van der Waals surface area (Å²) in [5.41, 5.74) is 6.79. The van der Waals surface area contributed by atoms with Crippen molar-refractivity contribution in [1.29, 1.82) is 0 Å². The topological polar surface area (TPSA) is 81.4 Å². The normalized spacial score (nSPS) is 11.2. The SMILES string of the molecule is COc1ccc(S(=O)(=O)NCc2ccccc2)c(N)c1. The molecule has 0 aliphatic carbocycles. The lowest BCUT2D eigenvalue weighted by Gasteiger charge is -2.10. The molecule has 3 N–H and O–H groups in total. The second kappa shape index (κ2) is 5.94. The summed E-state index contributed by atoms with van der Waals surface area (Å²) in [6.07, 6.45) is 0. The van der Waals surface area contributed by atoms with Gasteiger partial charge in [-0.15, -0.1) is 0 Å². The van der Waals surface area contributed by atoms with Gasteiger partial charge < -0.3 is 10.5 Å². The Hall–Kier alpha value is -2.05. The summed E-state index contributed by atoms with van der Waals surface area (Å²) in [5.74, 6) is 0.518. The number of nitrogens with one attached hydrogen (secondary N) is 1. The molecular weight excluding hydrogens is 276 g/mol. The van der Waals surface area contributed by atoms with Crippen LogP contribution in [0, 0.1) is 0 Å². The lowest BCUT2D eigenvalue weighted by atomic mass is 10.2. The maximum Gasteiger partial charge on any atom is 0.242 e. The Bertz CT molecular complexity index is 685. The predicted octanol–water partition coefficient (Wildman–Crippen LogP) is 1.76. The minimum atomic E-state index is -3.64. The van der Waals surface area contributed by atoms with E-state index in [9.17, 15) is 8.42 Å². The number of nitrogen functional groups attached to an aromatic ring is 1. The Morgan fingerprint density at radius 2 is 1.85 bits per heavy atom. The van der Waals surface area contributed by atoms with Crippen LogP contribution in [0.5, 0.6) is 5.75 Å². The summed E-state index contributed by atoms with van der Waals surface area (Å²) >= 11 is 0. The van der Waals surface area contributed by atoms with Crippen molar-refractivity contribution in [3.63, 3.8) is 0 Å². The van der Waals surface area contributed by atoms with Crippen molar-refractivity contribution in [2.45, 2.75) is 11.4 Å². The monoisotopic (exact) mass is 292 g/mol. The highest BCUT2D eigenvalue weighted by Crippen LogP contribution is 2.23. The van der Waals surface area contributed by atoms with Crippen molar-refractivity contribution in [2.24, 2.45) is 0 Å². The molecule has 0 amide bonds. The second-order valence-electron chi connectivity index (χ2n) is 4.21. The van der Waals surface area contributed by atoms with Gasteiger partial charge in [-0.05, 0) is 17.7 Å². The van der Waals surface area contributed by atoms with Crippen molar-refractivity contribution in [3.8, 4) is 5.75 Å². The van der Waals surface area contributed by atoms with Crippen LogP contribution in [0.2, 0.25) is 0 Å². The molecule has 0 saturated heterocycles. The molecule has 106 valence electrons. The molecule has 0 atom stereocenters. The van der Waals surface area contributed by atoms with Gasteiger partial charge in [-0.25, -0.2) is 13.1 Å². The lowest BCUT2D eigenvalue weighted by molar-refractivity contribution is 0.414. The zero-order valence-corrected chi connectivity index (χ0v) is 11.9. The third-order valence-electron chi connectivity index (χ3n) is 2.82. The van der Waals surface area contributed by atoms with E-state index in [1.807, 2.05) is 30.3 Å². The van der Waals surface area contributed by atoms with Crippen LogP contribution in [0.3, 0.4) is 0 Å². The maximum absolute atomic E-state index is 12.2. The van der Waals surface area contributed by atoms with E-state index >= 15 is 0 Å². The first-order valence-electron chi connectivity index (χ1n) is 6.00. The molecule has 0 fully saturated rings. The number of nitrogens with two attached hydrogens (primary N) is 1. The number of sulfonamides is 1. The van der Waals surface area contributed by atoms with Crippen LogP contribution in [-0.4, -0.2) is 15.5 Å². The van der Waals surface area contributed by atoms with E-state index in [0.717, 1.165) is 5.56 Å². The van der Waals surface area contributed by atoms with Gasteiger partial charge in [0.25, 0.3) is 0 Å². The van der Waals surface area contributed by atoms with Crippen molar-refractivity contribution in [2.75, 3.05) is 12.8 Å². The molecule has 0 saturated carbocycles. The van der Waals surface area contributed by atoms with Crippen LogP contribution < -0.4 is 15.2 Å². The second-order valence-corrected chi connectivity index (χ2v) is 5.95. The minimum Gasteiger partial charge on any atom is -0.497 e. The minimum absolute atomic E-state index is 0.0502. The molecule has 0 heterocycles. The third kappa shape index (κ3) is 3.28. The molecule has 0 spiro atoms. The summed E-state index contributed by atoms with van der Waals surface area (Å²) in [6.45, 7) is 0.217. The Labute approximate surface area is 118 Å². The van der Waals surface area contributed by atoms with Gasteiger partial charge in [0.2, 0.25) is 10.0 Å². The predicted molar refractivity (Wildman–Crippen MR) is 77.9 cm³/mol. The van der Waals surface area contributed by atoms with Crippen LogP contribution in [0.1, 0.15) is 5.56 Å². The molecule has 2 rings (SSSR count). The first kappa shape index (κ1) is 14.4. The van der Waals surface area contributed by atoms with E-state index in [-0.39, 0.29) is 17.1 Å². The van der Waals surface area contributed by atoms with Gasteiger partial charge in [0, 0.05) is 12.6 Å². The molecule has 0 aliphatic rings. The van der Waals surface area contributed by atoms with E-state index in [2.05, 4.69) is 4.72 Å². The fraction of sp³-hybridized carbons (Fsp3) is 0.143. The molecule has 20 heavy (non-hydrogen) atoms. The number of hydrogen-bond acceptors (Lipinski definition) is 4. The fourth-order valence-electron chi connectivity index (χ4n) is 1.75. The molecule has 0 radical (unpaired) electrons. The van der Waals surface area contributed by atoms with Gasteiger partial charge in [0.1, 0.15) is 10.6 Å². The average molecular weight is 292 g/mol. The summed E-state index contributed by atoms with van der Waals surface area (Å²) in [6, 6.07) is 13.8. The van der Waals surface area contributed by atoms with Crippen molar-refractivity contribution < 1.29 is 13.2 Å². The van der Waals surface area contributed by atoms with Gasteiger partial charge in [-0.3, -0.25) is 0 Å². The summed E-state index contributed by atoms with van der Waals surface area (Å²) in [7, 11) is -2.15. The highest BCUT2D eigenvalue weighted by molar-refractivity contribution is 7.89. The van der Waals surface area contributed by atoms with Crippen LogP contribution >= 0.6 is 0 Å².